The number of ether oxygens (including phenoxy) is 2. The van der Waals surface area contributed by atoms with E-state index in [-0.39, 0.29) is 0 Å². The van der Waals surface area contributed by atoms with Crippen LogP contribution in [-0.2, 0) is 9.53 Å². The molecule has 1 amide bonds. The highest BCUT2D eigenvalue weighted by atomic mass is 16.5. The molecule has 0 bridgehead atoms. The smallest absolute Gasteiger partial charge is 0.338 e. The first kappa shape index (κ1) is 18.4. The number of fused-ring (bicyclic) bond motifs is 1. The summed E-state index contributed by atoms with van der Waals surface area (Å²) in [4.78, 5) is 28.8. The van der Waals surface area contributed by atoms with Crippen molar-refractivity contribution in [3.63, 3.8) is 0 Å². The first-order valence-corrected chi connectivity index (χ1v) is 8.68. The third kappa shape index (κ3) is 4.44. The normalized spacial score (nSPS) is 11.8. The van der Waals surface area contributed by atoms with Crippen molar-refractivity contribution in [2.24, 2.45) is 0 Å². The first-order valence-electron chi connectivity index (χ1n) is 8.68. The van der Waals surface area contributed by atoms with E-state index in [1.807, 2.05) is 6.92 Å². The van der Waals surface area contributed by atoms with E-state index in [4.69, 9.17) is 13.9 Å². The van der Waals surface area contributed by atoms with Crippen LogP contribution in [0.1, 0.15) is 30.6 Å². The van der Waals surface area contributed by atoms with Gasteiger partial charge in [0, 0.05) is 5.69 Å². The number of esters is 1. The van der Waals surface area contributed by atoms with E-state index in [2.05, 4.69) is 10.3 Å². The number of rotatable bonds is 7. The van der Waals surface area contributed by atoms with Crippen molar-refractivity contribution in [1.29, 1.82) is 0 Å². The number of nitrogens with zero attached hydrogens (tertiary/aromatic N) is 1. The van der Waals surface area contributed by atoms with E-state index >= 15 is 0 Å². The Morgan fingerprint density at radius 3 is 2.63 bits per heavy atom. The Morgan fingerprint density at radius 1 is 1.15 bits per heavy atom. The van der Waals surface area contributed by atoms with Gasteiger partial charge < -0.3 is 19.2 Å². The minimum absolute atomic E-state index is 0.309. The molecule has 3 rings (SSSR count). The number of amides is 1. The fourth-order valence-electron chi connectivity index (χ4n) is 2.53. The molecule has 0 spiro atoms. The van der Waals surface area contributed by atoms with E-state index in [1.54, 1.807) is 49.4 Å². The molecule has 1 aromatic heterocycles. The van der Waals surface area contributed by atoms with Crippen LogP contribution in [0.2, 0.25) is 0 Å². The molecule has 1 heterocycles. The molecule has 0 aliphatic carbocycles. The number of benzene rings is 2. The predicted octanol–water partition coefficient (Wildman–Crippen LogP) is 3.80. The quantitative estimate of drug-likeness (QED) is 0.638. The van der Waals surface area contributed by atoms with Crippen LogP contribution in [-0.4, -0.2) is 29.6 Å². The molecule has 7 heteroatoms. The number of aromatic nitrogens is 1. The molecular weight excluding hydrogens is 348 g/mol. The molecule has 7 nitrogen and oxygen atoms in total. The molecule has 0 fully saturated rings. The van der Waals surface area contributed by atoms with Gasteiger partial charge in [-0.15, -0.1) is 0 Å². The van der Waals surface area contributed by atoms with Crippen molar-refractivity contribution in [2.75, 3.05) is 11.9 Å². The Hall–Kier alpha value is -3.35. The van der Waals surface area contributed by atoms with Gasteiger partial charge in [-0.05, 0) is 55.8 Å². The standard InChI is InChI=1S/C20H20N2O5/c1-3-17(19(23)22-14-6-8-15(9-7-14)25-4-2)27-20(24)13-5-10-18-16(11-13)21-12-26-18/h5-12,17H,3-4H2,1-2H3,(H,22,23). The number of oxazole rings is 1. The summed E-state index contributed by atoms with van der Waals surface area (Å²) in [5.41, 5.74) is 2.04. The number of hydrogen-bond acceptors (Lipinski definition) is 6. The zero-order valence-corrected chi connectivity index (χ0v) is 15.1. The lowest BCUT2D eigenvalue weighted by atomic mass is 10.2. The lowest BCUT2D eigenvalue weighted by molar-refractivity contribution is -0.124. The molecule has 0 saturated carbocycles. The molecule has 1 unspecified atom stereocenters. The third-order valence-corrected chi connectivity index (χ3v) is 3.91. The van der Waals surface area contributed by atoms with Crippen molar-refractivity contribution in [1.82, 2.24) is 4.98 Å². The Kier molecular flexibility index (Phi) is 5.71. The lowest BCUT2D eigenvalue weighted by Gasteiger charge is -2.16. The van der Waals surface area contributed by atoms with E-state index < -0.39 is 18.0 Å². The maximum Gasteiger partial charge on any atom is 0.338 e. The van der Waals surface area contributed by atoms with Crippen molar-refractivity contribution >= 4 is 28.7 Å². The van der Waals surface area contributed by atoms with Crippen LogP contribution in [0, 0.1) is 0 Å². The molecule has 0 aliphatic heterocycles. The summed E-state index contributed by atoms with van der Waals surface area (Å²) in [6.45, 7) is 4.24. The largest absolute Gasteiger partial charge is 0.494 e. The first-order chi connectivity index (χ1) is 13.1. The number of nitrogens with one attached hydrogen (secondary N) is 1. The van der Waals surface area contributed by atoms with Gasteiger partial charge in [0.25, 0.3) is 5.91 Å². The van der Waals surface area contributed by atoms with Crippen LogP contribution >= 0.6 is 0 Å². The maximum atomic E-state index is 12.4. The van der Waals surface area contributed by atoms with Crippen molar-refractivity contribution in [2.45, 2.75) is 26.4 Å². The molecule has 2 aromatic carbocycles. The number of carbonyl (C=O) groups excluding carboxylic acids is 2. The van der Waals surface area contributed by atoms with E-state index in [9.17, 15) is 9.59 Å². The second-order valence-corrected chi connectivity index (χ2v) is 5.78. The maximum absolute atomic E-state index is 12.4. The van der Waals surface area contributed by atoms with Crippen LogP contribution < -0.4 is 10.1 Å². The van der Waals surface area contributed by atoms with Crippen molar-refractivity contribution in [3.05, 3.63) is 54.4 Å². The fourth-order valence-corrected chi connectivity index (χ4v) is 2.53. The zero-order valence-electron chi connectivity index (χ0n) is 15.1. The Labute approximate surface area is 156 Å². The Balaban J connectivity index is 1.64. The van der Waals surface area contributed by atoms with Gasteiger partial charge in [-0.1, -0.05) is 6.92 Å². The highest BCUT2D eigenvalue weighted by Gasteiger charge is 2.22. The predicted molar refractivity (Wildman–Crippen MR) is 99.7 cm³/mol. The number of anilines is 1. The average Bonchev–Trinajstić information content (AvgIpc) is 3.15. The molecule has 1 atom stereocenters. The van der Waals surface area contributed by atoms with E-state index in [1.165, 1.54) is 6.39 Å². The minimum atomic E-state index is -0.905. The Bertz CT molecular complexity index is 933. The van der Waals surface area contributed by atoms with E-state index in [0.29, 0.717) is 35.4 Å². The third-order valence-electron chi connectivity index (χ3n) is 3.91. The SMILES string of the molecule is CCOc1ccc(NC(=O)C(CC)OC(=O)c2ccc3ocnc3c2)cc1. The number of hydrogen-bond donors (Lipinski definition) is 1. The fraction of sp³-hybridized carbons (Fsp3) is 0.250. The second kappa shape index (κ2) is 8.35. The summed E-state index contributed by atoms with van der Waals surface area (Å²) in [6, 6.07) is 11.8. The second-order valence-electron chi connectivity index (χ2n) is 5.78. The monoisotopic (exact) mass is 368 g/mol. The van der Waals surface area contributed by atoms with Crippen LogP contribution in [0.15, 0.2) is 53.3 Å². The zero-order chi connectivity index (χ0) is 19.2. The van der Waals surface area contributed by atoms with Crippen LogP contribution in [0.25, 0.3) is 11.1 Å². The van der Waals surface area contributed by atoms with Crippen LogP contribution in [0.3, 0.4) is 0 Å². The highest BCUT2D eigenvalue weighted by Crippen LogP contribution is 2.18. The molecule has 140 valence electrons. The summed E-state index contributed by atoms with van der Waals surface area (Å²) in [6.07, 6.45) is 0.747. The molecule has 0 radical (unpaired) electrons. The highest BCUT2D eigenvalue weighted by molar-refractivity contribution is 5.98. The van der Waals surface area contributed by atoms with Gasteiger partial charge in [-0.3, -0.25) is 4.79 Å². The lowest BCUT2D eigenvalue weighted by Crippen LogP contribution is -2.32. The summed E-state index contributed by atoms with van der Waals surface area (Å²) >= 11 is 0. The average molecular weight is 368 g/mol. The van der Waals surface area contributed by atoms with Crippen LogP contribution in [0.4, 0.5) is 5.69 Å². The van der Waals surface area contributed by atoms with Gasteiger partial charge in [-0.2, -0.15) is 0 Å². The minimum Gasteiger partial charge on any atom is -0.494 e. The summed E-state index contributed by atoms with van der Waals surface area (Å²) in [5.74, 6) is -0.261. The topological polar surface area (TPSA) is 90.7 Å². The van der Waals surface area contributed by atoms with Crippen molar-refractivity contribution < 1.29 is 23.5 Å². The van der Waals surface area contributed by atoms with Gasteiger partial charge in [0.05, 0.1) is 12.2 Å². The van der Waals surface area contributed by atoms with Gasteiger partial charge in [0.15, 0.2) is 18.1 Å². The van der Waals surface area contributed by atoms with Gasteiger partial charge >= 0.3 is 5.97 Å². The summed E-state index contributed by atoms with van der Waals surface area (Å²) in [5, 5.41) is 2.75. The Morgan fingerprint density at radius 2 is 1.93 bits per heavy atom. The number of carbonyl (C=O) groups is 2. The molecule has 0 saturated heterocycles. The van der Waals surface area contributed by atoms with Crippen molar-refractivity contribution in [3.8, 4) is 5.75 Å². The molecular formula is C20H20N2O5. The summed E-state index contributed by atoms with van der Waals surface area (Å²) in [7, 11) is 0. The summed E-state index contributed by atoms with van der Waals surface area (Å²) < 4.78 is 15.9. The molecule has 0 aliphatic rings. The van der Waals surface area contributed by atoms with Gasteiger partial charge in [-0.25, -0.2) is 9.78 Å². The molecule has 3 aromatic rings. The van der Waals surface area contributed by atoms with Gasteiger partial charge in [0.2, 0.25) is 0 Å². The van der Waals surface area contributed by atoms with Gasteiger partial charge in [0.1, 0.15) is 11.3 Å². The van der Waals surface area contributed by atoms with E-state index in [0.717, 1.165) is 5.75 Å². The molecule has 27 heavy (non-hydrogen) atoms. The molecule has 1 N–H and O–H groups in total. The van der Waals surface area contributed by atoms with Crippen LogP contribution in [0.5, 0.6) is 5.75 Å².